The molecule has 0 unspecified atom stereocenters. The van der Waals surface area contributed by atoms with Crippen LogP contribution in [0.2, 0.25) is 0 Å². The Morgan fingerprint density at radius 2 is 1.81 bits per heavy atom. The smallest absolute Gasteiger partial charge is 0.195 e. The lowest BCUT2D eigenvalue weighted by molar-refractivity contribution is 0.111. The molecule has 0 bridgehead atoms. The molecule has 0 amide bonds. The molecular formula is C22H20N2O2S. The Bertz CT molecular complexity index is 1100. The molecular weight excluding hydrogens is 356 g/mol. The minimum atomic E-state index is 0.560. The lowest BCUT2D eigenvalue weighted by atomic mass is 10.1. The number of ether oxygens (including phenoxy) is 1. The molecule has 4 aromatic rings. The van der Waals surface area contributed by atoms with Crippen LogP contribution in [0.4, 0.5) is 0 Å². The zero-order chi connectivity index (χ0) is 18.8. The van der Waals surface area contributed by atoms with E-state index in [9.17, 15) is 4.79 Å². The molecule has 2 aromatic heterocycles. The quantitative estimate of drug-likeness (QED) is 0.417. The minimum absolute atomic E-state index is 0.560. The minimum Gasteiger partial charge on any atom is -0.493 e. The molecule has 5 heteroatoms. The van der Waals surface area contributed by atoms with Crippen molar-refractivity contribution in [1.82, 2.24) is 9.38 Å². The number of aryl methyl sites for hydroxylation is 1. The van der Waals surface area contributed by atoms with Crippen LogP contribution in [-0.2, 0) is 6.42 Å². The summed E-state index contributed by atoms with van der Waals surface area (Å²) in [5.41, 5.74) is 4.21. The van der Waals surface area contributed by atoms with Crippen LogP contribution >= 0.6 is 11.3 Å². The van der Waals surface area contributed by atoms with Crippen molar-refractivity contribution in [3.05, 3.63) is 65.2 Å². The van der Waals surface area contributed by atoms with Crippen LogP contribution in [-0.4, -0.2) is 22.3 Å². The van der Waals surface area contributed by atoms with E-state index in [1.807, 2.05) is 53.8 Å². The molecule has 0 aliphatic carbocycles. The third-order valence-electron chi connectivity index (χ3n) is 4.51. The Morgan fingerprint density at radius 1 is 1.07 bits per heavy atom. The van der Waals surface area contributed by atoms with Crippen LogP contribution < -0.4 is 4.74 Å². The maximum Gasteiger partial charge on any atom is 0.195 e. The first-order valence-corrected chi connectivity index (χ1v) is 9.87. The van der Waals surface area contributed by atoms with E-state index in [1.165, 1.54) is 4.88 Å². The summed E-state index contributed by atoms with van der Waals surface area (Å²) in [4.78, 5) is 19.0. The second kappa shape index (κ2) is 7.37. The summed E-state index contributed by atoms with van der Waals surface area (Å²) in [5, 5.41) is 0. The summed E-state index contributed by atoms with van der Waals surface area (Å²) in [7, 11) is 0. The van der Waals surface area contributed by atoms with Crippen LogP contribution in [0, 0.1) is 0 Å². The van der Waals surface area contributed by atoms with E-state index in [-0.39, 0.29) is 0 Å². The summed E-state index contributed by atoms with van der Waals surface area (Å²) < 4.78 is 7.75. The molecule has 0 atom stereocenters. The van der Waals surface area contributed by atoms with Gasteiger partial charge in [-0.25, -0.2) is 4.98 Å². The fourth-order valence-electron chi connectivity index (χ4n) is 3.36. The highest BCUT2D eigenvalue weighted by Crippen LogP contribution is 2.38. The summed E-state index contributed by atoms with van der Waals surface area (Å²) in [5.74, 6) is 0.742. The van der Waals surface area contributed by atoms with E-state index in [2.05, 4.69) is 19.1 Å². The van der Waals surface area contributed by atoms with Gasteiger partial charge in [0.05, 0.1) is 12.3 Å². The van der Waals surface area contributed by atoms with Crippen molar-refractivity contribution in [1.29, 1.82) is 0 Å². The number of hydrogen-bond donors (Lipinski definition) is 0. The van der Waals surface area contributed by atoms with E-state index in [4.69, 9.17) is 9.72 Å². The Hall–Kier alpha value is -2.92. The van der Waals surface area contributed by atoms with Gasteiger partial charge in [0.1, 0.15) is 17.1 Å². The lowest BCUT2D eigenvalue weighted by Crippen LogP contribution is -1.98. The van der Waals surface area contributed by atoms with Gasteiger partial charge >= 0.3 is 0 Å². The second-order valence-corrected chi connectivity index (χ2v) is 7.17. The standard InChI is InChI=1S/C22H20N2O2S/c1-3-19-21(15-10-6-5-7-11-15)24-17(14-25)20(23-22(24)27-19)16-12-8-9-13-18(16)26-4-2/h5-14H,3-4H2,1-2H3. The molecule has 4 nitrogen and oxygen atoms in total. The Kier molecular flexibility index (Phi) is 4.77. The number of carbonyl (C=O) groups excluding carboxylic acids is 1. The number of benzene rings is 2. The van der Waals surface area contributed by atoms with Crippen LogP contribution in [0.3, 0.4) is 0 Å². The van der Waals surface area contributed by atoms with Crippen molar-refractivity contribution in [2.45, 2.75) is 20.3 Å². The number of hydrogen-bond acceptors (Lipinski definition) is 4. The number of aldehydes is 1. The number of nitrogens with zero attached hydrogens (tertiary/aromatic N) is 2. The highest BCUT2D eigenvalue weighted by atomic mass is 32.1. The van der Waals surface area contributed by atoms with Crippen molar-refractivity contribution >= 4 is 22.6 Å². The molecule has 0 spiro atoms. The number of carbonyl (C=O) groups is 1. The Balaban J connectivity index is 2.01. The topological polar surface area (TPSA) is 43.6 Å². The van der Waals surface area contributed by atoms with Gasteiger partial charge in [-0.05, 0) is 31.0 Å². The highest BCUT2D eigenvalue weighted by Gasteiger charge is 2.23. The Morgan fingerprint density at radius 3 is 2.52 bits per heavy atom. The van der Waals surface area contributed by atoms with E-state index < -0.39 is 0 Å². The predicted octanol–water partition coefficient (Wildman–Crippen LogP) is 5.50. The molecule has 0 aliphatic heterocycles. The number of fused-ring (bicyclic) bond motifs is 1. The molecule has 0 fully saturated rings. The summed E-state index contributed by atoms with van der Waals surface area (Å²) in [6.07, 6.45) is 1.79. The van der Waals surface area contributed by atoms with Crippen molar-refractivity contribution in [2.24, 2.45) is 0 Å². The monoisotopic (exact) mass is 376 g/mol. The first kappa shape index (κ1) is 17.5. The molecule has 0 N–H and O–H groups in total. The van der Waals surface area contributed by atoms with Gasteiger partial charge in [-0.1, -0.05) is 49.4 Å². The molecule has 0 aliphatic rings. The van der Waals surface area contributed by atoms with Gasteiger partial charge in [0, 0.05) is 10.4 Å². The maximum absolute atomic E-state index is 12.1. The third kappa shape index (κ3) is 2.94. The number of para-hydroxylation sites is 1. The van der Waals surface area contributed by atoms with E-state index in [0.29, 0.717) is 18.0 Å². The van der Waals surface area contributed by atoms with Crippen molar-refractivity contribution in [3.63, 3.8) is 0 Å². The van der Waals surface area contributed by atoms with Crippen molar-refractivity contribution in [3.8, 4) is 28.3 Å². The van der Waals surface area contributed by atoms with Gasteiger partial charge in [0.15, 0.2) is 11.2 Å². The van der Waals surface area contributed by atoms with Gasteiger partial charge < -0.3 is 4.74 Å². The molecule has 0 saturated heterocycles. The highest BCUT2D eigenvalue weighted by molar-refractivity contribution is 7.17. The van der Waals surface area contributed by atoms with Gasteiger partial charge in [-0.3, -0.25) is 9.20 Å². The van der Waals surface area contributed by atoms with Crippen LogP contribution in [0.1, 0.15) is 29.2 Å². The SMILES string of the molecule is CCOc1ccccc1-c1nc2sc(CC)c(-c3ccccc3)n2c1C=O. The van der Waals surface area contributed by atoms with E-state index in [0.717, 1.165) is 40.2 Å². The zero-order valence-electron chi connectivity index (χ0n) is 15.3. The van der Waals surface area contributed by atoms with Crippen LogP contribution in [0.25, 0.3) is 27.5 Å². The first-order chi connectivity index (χ1) is 13.3. The second-order valence-electron chi connectivity index (χ2n) is 6.10. The fraction of sp³-hybridized carbons (Fsp3) is 0.182. The zero-order valence-corrected chi connectivity index (χ0v) is 16.1. The fourth-order valence-corrected chi connectivity index (χ4v) is 4.44. The van der Waals surface area contributed by atoms with Crippen molar-refractivity contribution < 1.29 is 9.53 Å². The number of aromatic nitrogens is 2. The van der Waals surface area contributed by atoms with Crippen molar-refractivity contribution in [2.75, 3.05) is 6.61 Å². The lowest BCUT2D eigenvalue weighted by Gasteiger charge is -2.09. The van der Waals surface area contributed by atoms with Gasteiger partial charge in [0.2, 0.25) is 0 Å². The number of thiazole rings is 1. The largest absolute Gasteiger partial charge is 0.493 e. The maximum atomic E-state index is 12.1. The molecule has 2 aromatic carbocycles. The summed E-state index contributed by atoms with van der Waals surface area (Å²) in [6, 6.07) is 17.9. The van der Waals surface area contributed by atoms with E-state index >= 15 is 0 Å². The predicted molar refractivity (Wildman–Crippen MR) is 110 cm³/mol. The molecule has 27 heavy (non-hydrogen) atoms. The summed E-state index contributed by atoms with van der Waals surface area (Å²) >= 11 is 1.64. The van der Waals surface area contributed by atoms with Crippen LogP contribution in [0.15, 0.2) is 54.6 Å². The van der Waals surface area contributed by atoms with E-state index in [1.54, 1.807) is 11.3 Å². The normalized spacial score (nSPS) is 11.0. The van der Waals surface area contributed by atoms with Gasteiger partial charge in [-0.15, -0.1) is 11.3 Å². The third-order valence-corrected chi connectivity index (χ3v) is 5.69. The van der Waals surface area contributed by atoms with Gasteiger partial charge in [-0.2, -0.15) is 0 Å². The molecule has 0 radical (unpaired) electrons. The first-order valence-electron chi connectivity index (χ1n) is 9.05. The molecule has 0 saturated carbocycles. The van der Waals surface area contributed by atoms with Crippen LogP contribution in [0.5, 0.6) is 5.75 Å². The summed E-state index contributed by atoms with van der Waals surface area (Å²) in [6.45, 7) is 4.64. The Labute approximate surface area is 162 Å². The molecule has 4 rings (SSSR count). The molecule has 2 heterocycles. The molecule has 136 valence electrons. The average molecular weight is 376 g/mol. The number of rotatable bonds is 6. The van der Waals surface area contributed by atoms with Gasteiger partial charge in [0.25, 0.3) is 0 Å². The number of imidazole rings is 1. The average Bonchev–Trinajstić information content (AvgIpc) is 3.24.